The van der Waals surface area contributed by atoms with Gasteiger partial charge in [-0.3, -0.25) is 0 Å². The van der Waals surface area contributed by atoms with Crippen LogP contribution in [0.1, 0.15) is 32.6 Å². The number of rotatable bonds is 7. The molecule has 0 radical (unpaired) electrons. The van der Waals surface area contributed by atoms with E-state index >= 15 is 0 Å². The molecule has 13 heavy (non-hydrogen) atoms. The molecule has 0 rings (SSSR count). The second-order valence-corrected chi connectivity index (χ2v) is 4.15. The van der Waals surface area contributed by atoms with Gasteiger partial charge in [0.15, 0.2) is 0 Å². The maximum atomic E-state index is 4.18. The van der Waals surface area contributed by atoms with Crippen LogP contribution in [0.3, 0.4) is 0 Å². The van der Waals surface area contributed by atoms with Crippen LogP contribution in [0.4, 0.5) is 0 Å². The summed E-state index contributed by atoms with van der Waals surface area (Å²) in [5.74, 6) is 0. The molecule has 0 aromatic carbocycles. The van der Waals surface area contributed by atoms with E-state index in [2.05, 4.69) is 34.5 Å². The lowest BCUT2D eigenvalue weighted by molar-refractivity contribution is 0.344. The molecule has 2 nitrogen and oxygen atoms in total. The van der Waals surface area contributed by atoms with Gasteiger partial charge in [-0.15, -0.1) is 0 Å². The van der Waals surface area contributed by atoms with E-state index in [0.29, 0.717) is 0 Å². The Hall–Kier alpha value is -0.310. The Bertz CT molecular complexity index is 166. The van der Waals surface area contributed by atoms with Crippen LogP contribution >= 0.6 is 15.9 Å². The second-order valence-electron chi connectivity index (χ2n) is 3.13. The molecule has 0 heterocycles. The molecule has 0 aliphatic rings. The number of hydrazone groups is 1. The molecule has 0 unspecified atom stereocenters. The summed E-state index contributed by atoms with van der Waals surface area (Å²) in [4.78, 5) is 0. The zero-order valence-electron chi connectivity index (χ0n) is 8.59. The topological polar surface area (TPSA) is 15.6 Å². The maximum absolute atomic E-state index is 4.18. The van der Waals surface area contributed by atoms with Crippen molar-refractivity contribution >= 4 is 22.1 Å². The number of halogens is 1. The maximum Gasteiger partial charge on any atom is 0.0606 e. The van der Waals surface area contributed by atoms with E-state index in [1.807, 2.05) is 12.1 Å². The molecule has 0 saturated heterocycles. The van der Waals surface area contributed by atoms with Crippen molar-refractivity contribution in [1.29, 1.82) is 0 Å². The first-order valence-electron chi connectivity index (χ1n) is 4.76. The molecule has 0 aromatic rings. The molecular weight excluding hydrogens is 228 g/mol. The largest absolute Gasteiger partial charge is 0.300 e. The van der Waals surface area contributed by atoms with Gasteiger partial charge in [0, 0.05) is 18.1 Å². The van der Waals surface area contributed by atoms with E-state index < -0.39 is 0 Å². The van der Waals surface area contributed by atoms with Crippen molar-refractivity contribution in [3.63, 3.8) is 0 Å². The molecule has 0 aromatic heterocycles. The van der Waals surface area contributed by atoms with Crippen LogP contribution in [0.15, 0.2) is 16.2 Å². The van der Waals surface area contributed by atoms with E-state index in [1.54, 1.807) is 6.21 Å². The van der Waals surface area contributed by atoms with Crippen LogP contribution in [0, 0.1) is 0 Å². The van der Waals surface area contributed by atoms with Gasteiger partial charge in [0.05, 0.1) is 6.21 Å². The summed E-state index contributed by atoms with van der Waals surface area (Å²) in [5.41, 5.74) is 0. The van der Waals surface area contributed by atoms with Gasteiger partial charge < -0.3 is 5.01 Å². The lowest BCUT2D eigenvalue weighted by Crippen LogP contribution is -2.12. The summed E-state index contributed by atoms with van der Waals surface area (Å²) >= 11 is 3.23. The molecule has 0 spiro atoms. The number of unbranched alkanes of at least 4 members (excludes halogenated alkanes) is 3. The summed E-state index contributed by atoms with van der Waals surface area (Å²) in [6, 6.07) is 0. The van der Waals surface area contributed by atoms with Crippen LogP contribution in [-0.4, -0.2) is 24.8 Å². The fraction of sp³-hybridized carbons (Fsp3) is 0.700. The highest BCUT2D eigenvalue weighted by Crippen LogP contribution is 2.01. The SMILES string of the molecule is C=C(Br)/C=N\N(C)CCCCCC. The predicted molar refractivity (Wildman–Crippen MR) is 63.3 cm³/mol. The van der Waals surface area contributed by atoms with Crippen molar-refractivity contribution in [3.05, 3.63) is 11.1 Å². The number of hydrogen-bond donors (Lipinski definition) is 0. The Kier molecular flexibility index (Phi) is 8.10. The molecular formula is C10H19BrN2. The zero-order valence-corrected chi connectivity index (χ0v) is 10.2. The highest BCUT2D eigenvalue weighted by atomic mass is 79.9. The minimum atomic E-state index is 0.813. The fourth-order valence-corrected chi connectivity index (χ4v) is 1.08. The van der Waals surface area contributed by atoms with E-state index in [-0.39, 0.29) is 0 Å². The summed E-state index contributed by atoms with van der Waals surface area (Å²) in [6.07, 6.45) is 6.84. The summed E-state index contributed by atoms with van der Waals surface area (Å²) in [5, 5.41) is 6.13. The van der Waals surface area contributed by atoms with Gasteiger partial charge in [0.1, 0.15) is 0 Å². The Morgan fingerprint density at radius 3 is 2.69 bits per heavy atom. The molecule has 0 amide bonds. The quantitative estimate of drug-likeness (QED) is 0.382. The number of allylic oxidation sites excluding steroid dienone is 1. The van der Waals surface area contributed by atoms with Crippen LogP contribution in [0.2, 0.25) is 0 Å². The van der Waals surface area contributed by atoms with Gasteiger partial charge in [-0.25, -0.2) is 0 Å². The summed E-state index contributed by atoms with van der Waals surface area (Å²) in [6.45, 7) is 6.92. The highest BCUT2D eigenvalue weighted by Gasteiger charge is 1.92. The number of hydrogen-bond acceptors (Lipinski definition) is 2. The molecule has 0 aliphatic carbocycles. The Labute approximate surface area is 89.8 Å². The van der Waals surface area contributed by atoms with E-state index in [0.717, 1.165) is 11.0 Å². The van der Waals surface area contributed by atoms with Crippen molar-refractivity contribution < 1.29 is 0 Å². The lowest BCUT2D eigenvalue weighted by atomic mass is 10.2. The average Bonchev–Trinajstić information content (AvgIpc) is 2.09. The lowest BCUT2D eigenvalue weighted by Gasteiger charge is -2.11. The van der Waals surface area contributed by atoms with Crippen LogP contribution in [-0.2, 0) is 0 Å². The molecule has 0 atom stereocenters. The van der Waals surface area contributed by atoms with Crippen molar-refractivity contribution in [1.82, 2.24) is 5.01 Å². The van der Waals surface area contributed by atoms with Gasteiger partial charge >= 0.3 is 0 Å². The third-order valence-corrected chi connectivity index (χ3v) is 1.93. The fourth-order valence-electron chi connectivity index (χ4n) is 0.986. The van der Waals surface area contributed by atoms with Gasteiger partial charge in [-0.1, -0.05) is 32.8 Å². The molecule has 0 fully saturated rings. The molecule has 0 aliphatic heterocycles. The monoisotopic (exact) mass is 246 g/mol. The van der Waals surface area contributed by atoms with Crippen molar-refractivity contribution in [3.8, 4) is 0 Å². The third kappa shape index (κ3) is 9.61. The minimum Gasteiger partial charge on any atom is -0.300 e. The van der Waals surface area contributed by atoms with E-state index in [4.69, 9.17) is 0 Å². The van der Waals surface area contributed by atoms with Crippen LogP contribution < -0.4 is 0 Å². The minimum absolute atomic E-state index is 0.813. The molecule has 76 valence electrons. The van der Waals surface area contributed by atoms with Gasteiger partial charge in [-0.2, -0.15) is 5.10 Å². The Balaban J connectivity index is 3.40. The standard InChI is InChI=1S/C10H19BrN2/c1-4-5-6-7-8-13(3)12-9-10(2)11/h9H,2,4-8H2,1,3H3/b12-9-. The van der Waals surface area contributed by atoms with Crippen molar-refractivity contribution in [2.24, 2.45) is 5.10 Å². The van der Waals surface area contributed by atoms with Gasteiger partial charge in [0.25, 0.3) is 0 Å². The molecule has 0 N–H and O–H groups in total. The first-order valence-corrected chi connectivity index (χ1v) is 5.55. The average molecular weight is 247 g/mol. The summed E-state index contributed by atoms with van der Waals surface area (Å²) in [7, 11) is 1.98. The zero-order chi connectivity index (χ0) is 10.1. The smallest absolute Gasteiger partial charge is 0.0606 e. The Morgan fingerprint density at radius 2 is 2.15 bits per heavy atom. The first kappa shape index (κ1) is 12.7. The third-order valence-electron chi connectivity index (χ3n) is 1.73. The molecule has 3 heteroatoms. The van der Waals surface area contributed by atoms with Crippen molar-refractivity contribution in [2.75, 3.05) is 13.6 Å². The second kappa shape index (κ2) is 8.30. The highest BCUT2D eigenvalue weighted by molar-refractivity contribution is 9.12. The van der Waals surface area contributed by atoms with Gasteiger partial charge in [-0.05, 0) is 22.4 Å². The predicted octanol–water partition coefficient (Wildman–Crippen LogP) is 3.39. The summed E-state index contributed by atoms with van der Waals surface area (Å²) < 4.78 is 0.813. The molecule has 0 bridgehead atoms. The normalized spacial score (nSPS) is 10.7. The molecule has 0 saturated carbocycles. The first-order chi connectivity index (χ1) is 6.16. The van der Waals surface area contributed by atoms with E-state index in [9.17, 15) is 0 Å². The Morgan fingerprint density at radius 1 is 1.46 bits per heavy atom. The number of nitrogens with zero attached hydrogens (tertiary/aromatic N) is 2. The van der Waals surface area contributed by atoms with Crippen molar-refractivity contribution in [2.45, 2.75) is 32.6 Å². The van der Waals surface area contributed by atoms with Gasteiger partial charge in [0.2, 0.25) is 0 Å². The van der Waals surface area contributed by atoms with Crippen LogP contribution in [0.25, 0.3) is 0 Å². The van der Waals surface area contributed by atoms with Crippen LogP contribution in [0.5, 0.6) is 0 Å². The van der Waals surface area contributed by atoms with E-state index in [1.165, 1.54) is 25.7 Å².